The molecule has 1 fully saturated rings. The molecule has 28 heavy (non-hydrogen) atoms. The number of aryl methyl sites for hydroxylation is 1. The first-order chi connectivity index (χ1) is 13.2. The largest absolute Gasteiger partial charge is 0.326 e. The molecule has 0 bridgehead atoms. The maximum Gasteiger partial charge on any atom is 0.227 e. The Morgan fingerprint density at radius 1 is 1.21 bits per heavy atom. The lowest BCUT2D eigenvalue weighted by molar-refractivity contribution is -0.120. The fourth-order valence-corrected chi connectivity index (χ4v) is 5.05. The van der Waals surface area contributed by atoms with Gasteiger partial charge in [0.15, 0.2) is 0 Å². The molecule has 2 aromatic rings. The highest BCUT2D eigenvalue weighted by molar-refractivity contribution is 7.88. The molecule has 0 saturated carbocycles. The molecule has 150 valence electrons. The Balaban J connectivity index is 1.57. The van der Waals surface area contributed by atoms with Gasteiger partial charge in [0.2, 0.25) is 15.9 Å². The van der Waals surface area contributed by atoms with Crippen LogP contribution in [0.1, 0.15) is 24.0 Å². The van der Waals surface area contributed by atoms with E-state index >= 15 is 0 Å². The van der Waals surface area contributed by atoms with Crippen LogP contribution in [0, 0.1) is 18.7 Å². The number of carbonyl (C=O) groups is 1. The number of hydrogen-bond donors (Lipinski definition) is 1. The predicted molar refractivity (Wildman–Crippen MR) is 108 cm³/mol. The second-order valence-electron chi connectivity index (χ2n) is 7.04. The third-order valence-corrected chi connectivity index (χ3v) is 6.98. The lowest BCUT2D eigenvalue weighted by atomic mass is 9.97. The van der Waals surface area contributed by atoms with Gasteiger partial charge in [0.25, 0.3) is 0 Å². The standard InChI is InChI=1S/C20H22ClFN2O3S/c1-14-3-2-4-15(11-14)13-28(26,27)24-9-7-16(8-10-24)20(25)23-17-5-6-19(22)18(21)12-17/h2-6,11-12,16H,7-10,13H2,1H3,(H,23,25). The first-order valence-corrected chi connectivity index (χ1v) is 11.0. The van der Waals surface area contributed by atoms with Crippen molar-refractivity contribution in [3.8, 4) is 0 Å². The lowest BCUT2D eigenvalue weighted by Gasteiger charge is -2.30. The number of rotatable bonds is 5. The fraction of sp³-hybridized carbons (Fsp3) is 0.350. The van der Waals surface area contributed by atoms with Crippen LogP contribution in [0.3, 0.4) is 0 Å². The molecule has 1 aliphatic heterocycles. The van der Waals surface area contributed by atoms with Gasteiger partial charge in [0.1, 0.15) is 5.82 Å². The lowest BCUT2D eigenvalue weighted by Crippen LogP contribution is -2.41. The zero-order chi connectivity index (χ0) is 20.3. The SMILES string of the molecule is Cc1cccc(CS(=O)(=O)N2CCC(C(=O)Nc3ccc(F)c(Cl)c3)CC2)c1. The van der Waals surface area contributed by atoms with E-state index in [1.54, 1.807) is 6.07 Å². The molecule has 5 nitrogen and oxygen atoms in total. The molecule has 0 aromatic heterocycles. The summed E-state index contributed by atoms with van der Waals surface area (Å²) in [5.74, 6) is -1.10. The van der Waals surface area contributed by atoms with Crippen molar-refractivity contribution >= 4 is 33.2 Å². The predicted octanol–water partition coefficient (Wildman–Crippen LogP) is 3.97. The van der Waals surface area contributed by atoms with Crippen molar-refractivity contribution < 1.29 is 17.6 Å². The average molecular weight is 425 g/mol. The van der Waals surface area contributed by atoms with E-state index in [1.165, 1.54) is 22.5 Å². The van der Waals surface area contributed by atoms with Crippen LogP contribution < -0.4 is 5.32 Å². The van der Waals surface area contributed by atoms with Crippen molar-refractivity contribution in [3.63, 3.8) is 0 Å². The van der Waals surface area contributed by atoms with E-state index < -0.39 is 15.8 Å². The third kappa shape index (κ3) is 5.10. The molecule has 1 aliphatic rings. The second kappa shape index (κ2) is 8.59. The summed E-state index contributed by atoms with van der Waals surface area (Å²) in [7, 11) is -3.43. The van der Waals surface area contributed by atoms with Crippen molar-refractivity contribution in [1.29, 1.82) is 0 Å². The van der Waals surface area contributed by atoms with E-state index in [4.69, 9.17) is 11.6 Å². The molecular weight excluding hydrogens is 403 g/mol. The van der Waals surface area contributed by atoms with Gasteiger partial charge in [-0.1, -0.05) is 41.4 Å². The summed E-state index contributed by atoms with van der Waals surface area (Å²) in [6.07, 6.45) is 0.877. The third-order valence-electron chi connectivity index (χ3n) is 4.84. The van der Waals surface area contributed by atoms with Crippen molar-refractivity contribution in [2.45, 2.75) is 25.5 Å². The van der Waals surface area contributed by atoms with Crippen molar-refractivity contribution in [1.82, 2.24) is 4.31 Å². The van der Waals surface area contributed by atoms with E-state index in [2.05, 4.69) is 5.32 Å². The average Bonchev–Trinajstić information content (AvgIpc) is 2.64. The van der Waals surface area contributed by atoms with Crippen LogP contribution in [-0.4, -0.2) is 31.7 Å². The van der Waals surface area contributed by atoms with Crippen molar-refractivity contribution in [2.24, 2.45) is 5.92 Å². The van der Waals surface area contributed by atoms with Gasteiger partial charge in [-0.2, -0.15) is 0 Å². The zero-order valence-corrected chi connectivity index (χ0v) is 17.1. The van der Waals surface area contributed by atoms with E-state index in [0.29, 0.717) is 31.6 Å². The van der Waals surface area contributed by atoms with Crippen LogP contribution in [0.2, 0.25) is 5.02 Å². The van der Waals surface area contributed by atoms with Crippen molar-refractivity contribution in [2.75, 3.05) is 18.4 Å². The van der Waals surface area contributed by atoms with Gasteiger partial charge in [-0.05, 0) is 43.5 Å². The summed E-state index contributed by atoms with van der Waals surface area (Å²) in [5.41, 5.74) is 2.20. The Hall–Kier alpha value is -1.96. The topological polar surface area (TPSA) is 66.5 Å². The molecule has 0 aliphatic carbocycles. The molecule has 1 amide bonds. The Morgan fingerprint density at radius 2 is 1.93 bits per heavy atom. The Kier molecular flexibility index (Phi) is 6.37. The summed E-state index contributed by atoms with van der Waals surface area (Å²) in [6.45, 7) is 2.53. The smallest absolute Gasteiger partial charge is 0.227 e. The summed E-state index contributed by atoms with van der Waals surface area (Å²) in [4.78, 5) is 12.4. The van der Waals surface area contributed by atoms with Gasteiger partial charge >= 0.3 is 0 Å². The number of nitrogens with one attached hydrogen (secondary N) is 1. The van der Waals surface area contributed by atoms with Gasteiger partial charge in [-0.3, -0.25) is 4.79 Å². The van der Waals surface area contributed by atoms with Crippen LogP contribution in [0.5, 0.6) is 0 Å². The maximum atomic E-state index is 13.2. The Bertz CT molecular complexity index is 973. The first kappa shape index (κ1) is 20.8. The van der Waals surface area contributed by atoms with E-state index in [9.17, 15) is 17.6 Å². The molecule has 0 spiro atoms. The minimum Gasteiger partial charge on any atom is -0.326 e. The molecule has 1 saturated heterocycles. The number of piperidine rings is 1. The fourth-order valence-electron chi connectivity index (χ4n) is 3.32. The normalized spacial score (nSPS) is 16.1. The van der Waals surface area contributed by atoms with Gasteiger partial charge < -0.3 is 5.32 Å². The number of carbonyl (C=O) groups excluding carboxylic acids is 1. The highest BCUT2D eigenvalue weighted by Gasteiger charge is 2.31. The number of halogens is 2. The van der Waals surface area contributed by atoms with Gasteiger partial charge in [0, 0.05) is 24.7 Å². The van der Waals surface area contributed by atoms with Crippen LogP contribution in [0.4, 0.5) is 10.1 Å². The van der Waals surface area contributed by atoms with Crippen LogP contribution in [0.25, 0.3) is 0 Å². The highest BCUT2D eigenvalue weighted by Crippen LogP contribution is 2.25. The second-order valence-corrected chi connectivity index (χ2v) is 9.41. The van der Waals surface area contributed by atoms with E-state index in [-0.39, 0.29) is 22.6 Å². The number of sulfonamides is 1. The summed E-state index contributed by atoms with van der Waals surface area (Å²) in [6, 6.07) is 11.4. The molecule has 2 aromatic carbocycles. The number of hydrogen-bond acceptors (Lipinski definition) is 3. The molecule has 8 heteroatoms. The molecule has 1 N–H and O–H groups in total. The Labute approximate surface area is 169 Å². The number of benzene rings is 2. The number of amides is 1. The number of anilines is 1. The van der Waals surface area contributed by atoms with Crippen LogP contribution >= 0.6 is 11.6 Å². The van der Waals surface area contributed by atoms with Gasteiger partial charge in [0.05, 0.1) is 10.8 Å². The van der Waals surface area contributed by atoms with Crippen LogP contribution in [-0.2, 0) is 20.6 Å². The molecular formula is C20H22ClFN2O3S. The first-order valence-electron chi connectivity index (χ1n) is 9.04. The van der Waals surface area contributed by atoms with Crippen LogP contribution in [0.15, 0.2) is 42.5 Å². The van der Waals surface area contributed by atoms with E-state index in [0.717, 1.165) is 11.1 Å². The minimum absolute atomic E-state index is 0.0420. The molecule has 3 rings (SSSR count). The maximum absolute atomic E-state index is 13.2. The molecule has 0 radical (unpaired) electrons. The summed E-state index contributed by atoms with van der Waals surface area (Å²) < 4.78 is 40.0. The minimum atomic E-state index is -3.43. The monoisotopic (exact) mass is 424 g/mol. The molecule has 0 unspecified atom stereocenters. The van der Waals surface area contributed by atoms with E-state index in [1.807, 2.05) is 25.1 Å². The molecule has 0 atom stereocenters. The number of nitrogens with zero attached hydrogens (tertiary/aromatic N) is 1. The zero-order valence-electron chi connectivity index (χ0n) is 15.5. The van der Waals surface area contributed by atoms with Gasteiger partial charge in [-0.25, -0.2) is 17.1 Å². The summed E-state index contributed by atoms with van der Waals surface area (Å²) in [5, 5.41) is 2.66. The Morgan fingerprint density at radius 3 is 2.57 bits per heavy atom. The van der Waals surface area contributed by atoms with Gasteiger partial charge in [-0.15, -0.1) is 0 Å². The summed E-state index contributed by atoms with van der Waals surface area (Å²) >= 11 is 5.73. The van der Waals surface area contributed by atoms with Crippen molar-refractivity contribution in [3.05, 3.63) is 64.4 Å². The molecule has 1 heterocycles. The highest BCUT2D eigenvalue weighted by atomic mass is 35.5. The quantitative estimate of drug-likeness (QED) is 0.789.